The van der Waals surface area contributed by atoms with Gasteiger partial charge in [0.1, 0.15) is 5.30 Å². The van der Waals surface area contributed by atoms with E-state index in [2.05, 4.69) is 10.2 Å². The largest absolute Gasteiger partial charge is 0.367 e. The molecule has 2 heterocycles. The van der Waals surface area contributed by atoms with Crippen LogP contribution in [0.2, 0.25) is 0 Å². The maximum atomic E-state index is 12.4. The second kappa shape index (κ2) is 4.18. The van der Waals surface area contributed by atoms with Crippen molar-refractivity contribution in [3.05, 3.63) is 12.4 Å². The van der Waals surface area contributed by atoms with Crippen LogP contribution < -0.4 is 9.99 Å². The SMILES string of the molecule is COP(=O)(OC)c1c[n+](C)nc2c1cnn2C. The fourth-order valence-electron chi connectivity index (χ4n) is 1.64. The molecule has 0 aliphatic heterocycles. The quantitative estimate of drug-likeness (QED) is 0.567. The highest BCUT2D eigenvalue weighted by molar-refractivity contribution is 7.62. The van der Waals surface area contributed by atoms with Crippen LogP contribution in [-0.2, 0) is 27.7 Å². The van der Waals surface area contributed by atoms with Crippen LogP contribution in [0.3, 0.4) is 0 Å². The van der Waals surface area contributed by atoms with E-state index in [0.29, 0.717) is 16.3 Å². The van der Waals surface area contributed by atoms with Crippen LogP contribution in [0.4, 0.5) is 0 Å². The van der Waals surface area contributed by atoms with Gasteiger partial charge in [0.05, 0.1) is 11.6 Å². The Morgan fingerprint density at radius 3 is 2.65 bits per heavy atom. The number of hydrogen-bond acceptors (Lipinski definition) is 5. The Balaban J connectivity index is 2.81. The number of hydrogen-bond donors (Lipinski definition) is 0. The van der Waals surface area contributed by atoms with E-state index >= 15 is 0 Å². The van der Waals surface area contributed by atoms with Gasteiger partial charge in [0, 0.05) is 26.4 Å². The average molecular weight is 257 g/mol. The van der Waals surface area contributed by atoms with E-state index in [1.165, 1.54) is 14.2 Å². The predicted octanol–water partition coefficient (Wildman–Crippen LogP) is -0.0960. The molecule has 2 aromatic heterocycles. The van der Waals surface area contributed by atoms with E-state index in [1.54, 1.807) is 35.9 Å². The molecule has 0 saturated carbocycles. The first kappa shape index (κ1) is 12.2. The number of aromatic nitrogens is 4. The molecule has 8 heteroatoms. The van der Waals surface area contributed by atoms with Crippen molar-refractivity contribution in [3.8, 4) is 0 Å². The van der Waals surface area contributed by atoms with E-state index in [1.807, 2.05) is 0 Å². The first-order valence-electron chi connectivity index (χ1n) is 4.92. The molecule has 17 heavy (non-hydrogen) atoms. The molecule has 0 bridgehead atoms. The number of fused-ring (bicyclic) bond motifs is 1. The van der Waals surface area contributed by atoms with Crippen LogP contribution in [0.15, 0.2) is 12.4 Å². The topological polar surface area (TPSA) is 70.1 Å². The molecular formula is C9H14N4O3P+. The normalized spacial score (nSPS) is 12.2. The molecule has 0 fully saturated rings. The Bertz CT molecular complexity index is 602. The second-order valence-corrected chi connectivity index (χ2v) is 5.76. The molecule has 92 valence electrons. The lowest BCUT2D eigenvalue weighted by Gasteiger charge is -2.12. The summed E-state index contributed by atoms with van der Waals surface area (Å²) in [5.41, 5.74) is 0.624. The Labute approximate surface area is 98.5 Å². The van der Waals surface area contributed by atoms with Crippen LogP contribution in [0.5, 0.6) is 0 Å². The second-order valence-electron chi connectivity index (χ2n) is 3.56. The van der Waals surface area contributed by atoms with Crippen molar-refractivity contribution in [3.63, 3.8) is 0 Å². The monoisotopic (exact) mass is 257 g/mol. The summed E-state index contributed by atoms with van der Waals surface area (Å²) in [7, 11) is 2.91. The molecule has 0 spiro atoms. The molecular weight excluding hydrogens is 243 g/mol. The first-order valence-corrected chi connectivity index (χ1v) is 6.47. The Kier molecular flexibility index (Phi) is 2.99. The van der Waals surface area contributed by atoms with Crippen molar-refractivity contribution in [1.82, 2.24) is 14.9 Å². The van der Waals surface area contributed by atoms with Gasteiger partial charge in [-0.25, -0.2) is 4.68 Å². The summed E-state index contributed by atoms with van der Waals surface area (Å²) in [6, 6.07) is 0. The summed E-state index contributed by atoms with van der Waals surface area (Å²) < 4.78 is 25.6. The molecule has 2 rings (SSSR count). The summed E-state index contributed by atoms with van der Waals surface area (Å²) >= 11 is 0. The summed E-state index contributed by atoms with van der Waals surface area (Å²) in [6.07, 6.45) is 3.22. The fourth-order valence-corrected chi connectivity index (χ4v) is 2.95. The number of aryl methyl sites for hydroxylation is 2. The van der Waals surface area contributed by atoms with E-state index in [9.17, 15) is 4.57 Å². The third-order valence-electron chi connectivity index (χ3n) is 2.52. The van der Waals surface area contributed by atoms with E-state index in [-0.39, 0.29) is 0 Å². The molecule has 2 aromatic rings. The van der Waals surface area contributed by atoms with Crippen molar-refractivity contribution >= 4 is 23.9 Å². The minimum absolute atomic E-state index is 0.461. The van der Waals surface area contributed by atoms with Crippen LogP contribution in [0.25, 0.3) is 11.0 Å². The summed E-state index contributed by atoms with van der Waals surface area (Å²) in [4.78, 5) is 0. The maximum absolute atomic E-state index is 12.4. The minimum Gasteiger partial charge on any atom is -0.308 e. The third-order valence-corrected chi connectivity index (χ3v) is 4.43. The summed E-state index contributed by atoms with van der Waals surface area (Å²) in [5, 5.41) is 9.48. The van der Waals surface area contributed by atoms with Gasteiger partial charge in [-0.2, -0.15) is 5.10 Å². The lowest BCUT2D eigenvalue weighted by atomic mass is 10.4. The van der Waals surface area contributed by atoms with Gasteiger partial charge in [-0.1, -0.05) is 4.68 Å². The number of nitrogens with zero attached hydrogens (tertiary/aromatic N) is 4. The molecule has 0 N–H and O–H groups in total. The molecule has 0 aliphatic rings. The van der Waals surface area contributed by atoms with Crippen LogP contribution in [-0.4, -0.2) is 29.1 Å². The molecule has 0 amide bonds. The molecule has 0 saturated heterocycles. The Hall–Kier alpha value is -1.30. The number of rotatable bonds is 3. The summed E-state index contributed by atoms with van der Waals surface area (Å²) in [6.45, 7) is 0. The van der Waals surface area contributed by atoms with Crippen LogP contribution in [0, 0.1) is 0 Å². The van der Waals surface area contributed by atoms with Crippen molar-refractivity contribution in [2.75, 3.05) is 14.2 Å². The van der Waals surface area contributed by atoms with Crippen molar-refractivity contribution in [1.29, 1.82) is 0 Å². The standard InChI is InChI=1S/C9H14N4O3P/c1-12-6-8(17(14,15-3)16-4)7-5-10-13(2)9(7)11-12/h5-6H,1-4H3/q+1. The molecule has 0 radical (unpaired) electrons. The van der Waals surface area contributed by atoms with Gasteiger partial charge in [0.25, 0.3) is 0 Å². The Morgan fingerprint density at radius 2 is 2.06 bits per heavy atom. The predicted molar refractivity (Wildman–Crippen MR) is 60.9 cm³/mol. The molecule has 0 unspecified atom stereocenters. The van der Waals surface area contributed by atoms with Crippen LogP contribution >= 0.6 is 7.60 Å². The van der Waals surface area contributed by atoms with Crippen LogP contribution in [0.1, 0.15) is 0 Å². The highest BCUT2D eigenvalue weighted by Gasteiger charge is 2.32. The third kappa shape index (κ3) is 1.86. The van der Waals surface area contributed by atoms with Crippen molar-refractivity contribution < 1.29 is 18.3 Å². The molecule has 0 atom stereocenters. The maximum Gasteiger partial charge on any atom is 0.367 e. The Morgan fingerprint density at radius 1 is 1.41 bits per heavy atom. The van der Waals surface area contributed by atoms with Gasteiger partial charge in [-0.3, -0.25) is 4.57 Å². The minimum atomic E-state index is -3.31. The van der Waals surface area contributed by atoms with E-state index < -0.39 is 7.60 Å². The lowest BCUT2D eigenvalue weighted by molar-refractivity contribution is -0.728. The van der Waals surface area contributed by atoms with Gasteiger partial charge in [0.2, 0.25) is 11.8 Å². The van der Waals surface area contributed by atoms with Gasteiger partial charge in [-0.05, 0) is 0 Å². The molecule has 0 aromatic carbocycles. The zero-order chi connectivity index (χ0) is 12.6. The van der Waals surface area contributed by atoms with Crippen molar-refractivity contribution in [2.45, 2.75) is 0 Å². The van der Waals surface area contributed by atoms with Crippen molar-refractivity contribution in [2.24, 2.45) is 14.1 Å². The van der Waals surface area contributed by atoms with E-state index in [0.717, 1.165) is 0 Å². The first-order chi connectivity index (χ1) is 8.01. The summed E-state index contributed by atoms with van der Waals surface area (Å²) in [5.74, 6) is 0. The highest BCUT2D eigenvalue weighted by atomic mass is 31.2. The van der Waals surface area contributed by atoms with E-state index in [4.69, 9.17) is 9.05 Å². The highest BCUT2D eigenvalue weighted by Crippen LogP contribution is 2.46. The van der Waals surface area contributed by atoms with Gasteiger partial charge in [0.15, 0.2) is 7.05 Å². The van der Waals surface area contributed by atoms with Gasteiger partial charge in [-0.15, -0.1) is 0 Å². The lowest BCUT2D eigenvalue weighted by Crippen LogP contribution is -2.37. The smallest absolute Gasteiger partial charge is 0.308 e. The zero-order valence-corrected chi connectivity index (χ0v) is 11.0. The average Bonchev–Trinajstić information content (AvgIpc) is 2.69. The van der Waals surface area contributed by atoms with Gasteiger partial charge < -0.3 is 9.05 Å². The molecule has 7 nitrogen and oxygen atoms in total. The molecule has 0 aliphatic carbocycles. The fraction of sp³-hybridized carbons (Fsp3) is 0.444. The van der Waals surface area contributed by atoms with Gasteiger partial charge >= 0.3 is 7.60 Å². The zero-order valence-electron chi connectivity index (χ0n) is 10.1.